The lowest BCUT2D eigenvalue weighted by Crippen LogP contribution is -2.10. The van der Waals surface area contributed by atoms with Crippen LogP contribution in [-0.2, 0) is 0 Å². The van der Waals surface area contributed by atoms with Crippen LogP contribution in [0, 0.1) is 0 Å². The van der Waals surface area contributed by atoms with E-state index in [9.17, 15) is 0 Å². The SMILES string of the molecule is COc1ccc(C(N)=S)c2cnccc12. The van der Waals surface area contributed by atoms with Gasteiger partial charge in [0.1, 0.15) is 10.7 Å². The number of benzene rings is 1. The summed E-state index contributed by atoms with van der Waals surface area (Å²) < 4.78 is 5.25. The van der Waals surface area contributed by atoms with Crippen LogP contribution in [0.4, 0.5) is 0 Å². The standard InChI is InChI=1S/C11H10N2OS/c1-14-10-3-2-8(11(12)15)9-6-13-5-4-7(9)10/h2-6H,1H3,(H2,12,15). The number of pyridine rings is 1. The summed E-state index contributed by atoms with van der Waals surface area (Å²) in [5.74, 6) is 0.799. The smallest absolute Gasteiger partial charge is 0.126 e. The van der Waals surface area contributed by atoms with Crippen LogP contribution in [0.5, 0.6) is 5.75 Å². The molecular weight excluding hydrogens is 208 g/mol. The zero-order valence-corrected chi connectivity index (χ0v) is 9.04. The molecule has 0 amide bonds. The van der Waals surface area contributed by atoms with E-state index in [1.54, 1.807) is 19.5 Å². The molecule has 2 rings (SSSR count). The third kappa shape index (κ3) is 1.64. The molecular formula is C11H10N2OS. The summed E-state index contributed by atoms with van der Waals surface area (Å²) >= 11 is 4.98. The third-order valence-corrected chi connectivity index (χ3v) is 2.48. The second-order valence-corrected chi connectivity index (χ2v) is 3.54. The van der Waals surface area contributed by atoms with Crippen LogP contribution in [0.1, 0.15) is 5.56 Å². The Kier molecular flexibility index (Phi) is 2.51. The fourth-order valence-electron chi connectivity index (χ4n) is 1.56. The number of ether oxygens (including phenoxy) is 1. The van der Waals surface area contributed by atoms with Gasteiger partial charge in [0.05, 0.1) is 7.11 Å². The van der Waals surface area contributed by atoms with Crippen LogP contribution >= 0.6 is 12.2 Å². The summed E-state index contributed by atoms with van der Waals surface area (Å²) in [4.78, 5) is 4.43. The second kappa shape index (κ2) is 3.82. The van der Waals surface area contributed by atoms with Crippen molar-refractivity contribution in [2.45, 2.75) is 0 Å². The van der Waals surface area contributed by atoms with Gasteiger partial charge in [0, 0.05) is 28.7 Å². The molecule has 15 heavy (non-hydrogen) atoms. The molecule has 0 radical (unpaired) electrons. The summed E-state index contributed by atoms with van der Waals surface area (Å²) in [5, 5.41) is 1.89. The van der Waals surface area contributed by atoms with Crippen molar-refractivity contribution in [2.75, 3.05) is 7.11 Å². The second-order valence-electron chi connectivity index (χ2n) is 3.10. The lowest BCUT2D eigenvalue weighted by Gasteiger charge is -2.08. The van der Waals surface area contributed by atoms with E-state index in [-0.39, 0.29) is 0 Å². The molecule has 1 aromatic heterocycles. The molecule has 2 aromatic rings. The van der Waals surface area contributed by atoms with Gasteiger partial charge in [-0.2, -0.15) is 0 Å². The van der Waals surface area contributed by atoms with Gasteiger partial charge >= 0.3 is 0 Å². The van der Waals surface area contributed by atoms with Crippen molar-refractivity contribution in [3.8, 4) is 5.75 Å². The molecule has 0 atom stereocenters. The Morgan fingerprint density at radius 2 is 2.13 bits per heavy atom. The normalized spacial score (nSPS) is 10.2. The first-order valence-electron chi connectivity index (χ1n) is 4.44. The minimum absolute atomic E-state index is 0.371. The lowest BCUT2D eigenvalue weighted by molar-refractivity contribution is 0.420. The molecule has 1 heterocycles. The minimum Gasteiger partial charge on any atom is -0.496 e. The van der Waals surface area contributed by atoms with Crippen molar-refractivity contribution < 1.29 is 4.74 Å². The summed E-state index contributed by atoms with van der Waals surface area (Å²) in [6, 6.07) is 5.60. The van der Waals surface area contributed by atoms with Crippen LogP contribution in [0.25, 0.3) is 10.8 Å². The maximum atomic E-state index is 5.63. The highest BCUT2D eigenvalue weighted by Gasteiger charge is 2.07. The van der Waals surface area contributed by atoms with Gasteiger partial charge in [-0.1, -0.05) is 12.2 Å². The van der Waals surface area contributed by atoms with E-state index in [1.807, 2.05) is 18.2 Å². The van der Waals surface area contributed by atoms with Gasteiger partial charge in [0.15, 0.2) is 0 Å². The van der Waals surface area contributed by atoms with Crippen molar-refractivity contribution in [1.29, 1.82) is 0 Å². The fraction of sp³-hybridized carbons (Fsp3) is 0.0909. The maximum Gasteiger partial charge on any atom is 0.126 e. The summed E-state index contributed by atoms with van der Waals surface area (Å²) in [6.45, 7) is 0. The van der Waals surface area contributed by atoms with Crippen LogP contribution in [0.3, 0.4) is 0 Å². The summed E-state index contributed by atoms with van der Waals surface area (Å²) in [5.41, 5.74) is 6.46. The Labute approximate surface area is 92.9 Å². The van der Waals surface area contributed by atoms with E-state index < -0.39 is 0 Å². The molecule has 0 spiro atoms. The number of nitrogens with two attached hydrogens (primary N) is 1. The average Bonchev–Trinajstić information content (AvgIpc) is 2.27. The Morgan fingerprint density at radius 3 is 2.80 bits per heavy atom. The van der Waals surface area contributed by atoms with Crippen molar-refractivity contribution in [1.82, 2.24) is 4.98 Å². The first-order chi connectivity index (χ1) is 7.24. The van der Waals surface area contributed by atoms with Gasteiger partial charge in [0.25, 0.3) is 0 Å². The van der Waals surface area contributed by atoms with Gasteiger partial charge in [-0.25, -0.2) is 0 Å². The Hall–Kier alpha value is -1.68. The van der Waals surface area contributed by atoms with Gasteiger partial charge < -0.3 is 10.5 Å². The Bertz CT molecular complexity index is 525. The predicted molar refractivity (Wildman–Crippen MR) is 64.2 cm³/mol. The van der Waals surface area contributed by atoms with E-state index in [1.165, 1.54) is 0 Å². The summed E-state index contributed by atoms with van der Waals surface area (Å²) in [7, 11) is 1.63. The minimum atomic E-state index is 0.371. The lowest BCUT2D eigenvalue weighted by atomic mass is 10.1. The van der Waals surface area contributed by atoms with Crippen LogP contribution < -0.4 is 10.5 Å². The molecule has 0 saturated heterocycles. The highest BCUT2D eigenvalue weighted by atomic mass is 32.1. The van der Waals surface area contributed by atoms with E-state index in [4.69, 9.17) is 22.7 Å². The van der Waals surface area contributed by atoms with Crippen molar-refractivity contribution in [2.24, 2.45) is 5.73 Å². The molecule has 4 heteroatoms. The molecule has 2 N–H and O–H groups in total. The zero-order valence-electron chi connectivity index (χ0n) is 8.23. The first kappa shape index (κ1) is 9.86. The van der Waals surface area contributed by atoms with E-state index >= 15 is 0 Å². The van der Waals surface area contributed by atoms with Gasteiger partial charge in [-0.15, -0.1) is 0 Å². The molecule has 0 unspecified atom stereocenters. The molecule has 3 nitrogen and oxygen atoms in total. The molecule has 0 bridgehead atoms. The number of nitrogens with zero attached hydrogens (tertiary/aromatic N) is 1. The average molecular weight is 218 g/mol. The largest absolute Gasteiger partial charge is 0.496 e. The van der Waals surface area contributed by atoms with Crippen molar-refractivity contribution in [3.63, 3.8) is 0 Å². The molecule has 0 aliphatic carbocycles. The number of rotatable bonds is 2. The number of hydrogen-bond donors (Lipinski definition) is 1. The zero-order chi connectivity index (χ0) is 10.8. The molecule has 0 aliphatic rings. The van der Waals surface area contributed by atoms with Gasteiger partial charge in [-0.05, 0) is 18.2 Å². The predicted octanol–water partition coefficient (Wildman–Crippen LogP) is 1.88. The topological polar surface area (TPSA) is 48.1 Å². The van der Waals surface area contributed by atoms with E-state index in [0.717, 1.165) is 22.1 Å². The van der Waals surface area contributed by atoms with Crippen molar-refractivity contribution >= 4 is 28.0 Å². The maximum absolute atomic E-state index is 5.63. The highest BCUT2D eigenvalue weighted by Crippen LogP contribution is 2.27. The number of aromatic nitrogens is 1. The van der Waals surface area contributed by atoms with Crippen LogP contribution in [-0.4, -0.2) is 17.1 Å². The number of fused-ring (bicyclic) bond motifs is 1. The molecule has 0 aliphatic heterocycles. The van der Waals surface area contributed by atoms with E-state index in [0.29, 0.717) is 4.99 Å². The first-order valence-corrected chi connectivity index (χ1v) is 4.85. The van der Waals surface area contributed by atoms with Gasteiger partial charge in [0.2, 0.25) is 0 Å². The molecule has 0 fully saturated rings. The molecule has 0 saturated carbocycles. The van der Waals surface area contributed by atoms with E-state index in [2.05, 4.69) is 4.98 Å². The number of thiocarbonyl (C=S) groups is 1. The summed E-state index contributed by atoms with van der Waals surface area (Å²) in [6.07, 6.45) is 3.46. The monoisotopic (exact) mass is 218 g/mol. The van der Waals surface area contributed by atoms with Gasteiger partial charge in [-0.3, -0.25) is 4.98 Å². The third-order valence-electron chi connectivity index (χ3n) is 2.26. The van der Waals surface area contributed by atoms with Crippen LogP contribution in [0.15, 0.2) is 30.6 Å². The Balaban J connectivity index is 2.83. The quantitative estimate of drug-likeness (QED) is 0.782. The number of methoxy groups -OCH3 is 1. The Morgan fingerprint density at radius 1 is 1.33 bits per heavy atom. The highest BCUT2D eigenvalue weighted by molar-refractivity contribution is 7.80. The molecule has 1 aromatic carbocycles. The fourth-order valence-corrected chi connectivity index (χ4v) is 1.73. The number of hydrogen-bond acceptors (Lipinski definition) is 3. The van der Waals surface area contributed by atoms with Crippen LogP contribution in [0.2, 0.25) is 0 Å². The van der Waals surface area contributed by atoms with Crippen molar-refractivity contribution in [3.05, 3.63) is 36.2 Å². The molecule has 76 valence electrons.